The Morgan fingerprint density at radius 1 is 1.29 bits per heavy atom. The molecule has 1 atom stereocenters. The van der Waals surface area contributed by atoms with Crippen LogP contribution in [0, 0.1) is 0 Å². The quantitative estimate of drug-likeness (QED) is 0.712. The summed E-state index contributed by atoms with van der Waals surface area (Å²) in [5.41, 5.74) is 1.61. The molecule has 17 heavy (non-hydrogen) atoms. The van der Waals surface area contributed by atoms with Crippen LogP contribution in [-0.2, 0) is 12.0 Å². The summed E-state index contributed by atoms with van der Waals surface area (Å²) in [4.78, 5) is 0. The van der Waals surface area contributed by atoms with E-state index in [-0.39, 0.29) is 0 Å². The summed E-state index contributed by atoms with van der Waals surface area (Å²) in [7, 11) is 0. The molecule has 0 aliphatic rings. The van der Waals surface area contributed by atoms with Gasteiger partial charge in [0.05, 0.1) is 5.60 Å². The van der Waals surface area contributed by atoms with Gasteiger partial charge in [-0.15, -0.1) is 0 Å². The molecule has 2 nitrogen and oxygen atoms in total. The molecule has 2 heteroatoms. The Morgan fingerprint density at radius 2 is 2.06 bits per heavy atom. The van der Waals surface area contributed by atoms with Crippen molar-refractivity contribution >= 4 is 0 Å². The summed E-state index contributed by atoms with van der Waals surface area (Å²) >= 11 is 0. The molecule has 1 aromatic rings. The molecular weight excluding hydrogens is 210 g/mol. The average molecular weight is 235 g/mol. The first-order valence-electron chi connectivity index (χ1n) is 6.62. The van der Waals surface area contributed by atoms with Gasteiger partial charge in [0.15, 0.2) is 0 Å². The third-order valence-corrected chi connectivity index (χ3v) is 3.13. The van der Waals surface area contributed by atoms with Crippen LogP contribution in [0.1, 0.15) is 44.7 Å². The molecule has 0 heterocycles. The van der Waals surface area contributed by atoms with Gasteiger partial charge in [0.2, 0.25) is 0 Å². The Kier molecular flexibility index (Phi) is 5.66. The third kappa shape index (κ3) is 4.49. The van der Waals surface area contributed by atoms with Gasteiger partial charge in [-0.3, -0.25) is 0 Å². The van der Waals surface area contributed by atoms with Crippen molar-refractivity contribution in [3.8, 4) is 0 Å². The van der Waals surface area contributed by atoms with Crippen molar-refractivity contribution in [3.05, 3.63) is 35.4 Å². The minimum Gasteiger partial charge on any atom is -0.385 e. The Morgan fingerprint density at radius 3 is 2.71 bits per heavy atom. The Labute approximate surface area is 105 Å². The molecule has 0 aromatic heterocycles. The van der Waals surface area contributed by atoms with Crippen LogP contribution in [0.4, 0.5) is 0 Å². The molecule has 1 aromatic carbocycles. The first kappa shape index (κ1) is 14.2. The SMILES string of the molecule is CCCc1cccc(C(C)(O)CCNCC)c1. The van der Waals surface area contributed by atoms with Crippen molar-refractivity contribution in [3.63, 3.8) is 0 Å². The molecule has 0 aliphatic carbocycles. The van der Waals surface area contributed by atoms with Crippen molar-refractivity contribution in [1.29, 1.82) is 0 Å². The molecule has 0 saturated heterocycles. The largest absolute Gasteiger partial charge is 0.385 e. The molecular formula is C15H25NO. The van der Waals surface area contributed by atoms with Crippen LogP contribution in [0.25, 0.3) is 0 Å². The van der Waals surface area contributed by atoms with Gasteiger partial charge in [0, 0.05) is 0 Å². The van der Waals surface area contributed by atoms with E-state index in [1.165, 1.54) is 5.56 Å². The molecule has 96 valence electrons. The van der Waals surface area contributed by atoms with Gasteiger partial charge in [0.25, 0.3) is 0 Å². The second-order valence-electron chi connectivity index (χ2n) is 4.83. The lowest BCUT2D eigenvalue weighted by Crippen LogP contribution is -2.27. The van der Waals surface area contributed by atoms with E-state index >= 15 is 0 Å². The highest BCUT2D eigenvalue weighted by Crippen LogP contribution is 2.25. The van der Waals surface area contributed by atoms with Gasteiger partial charge in [-0.25, -0.2) is 0 Å². The Balaban J connectivity index is 2.71. The lowest BCUT2D eigenvalue weighted by Gasteiger charge is -2.24. The van der Waals surface area contributed by atoms with Crippen LogP contribution < -0.4 is 5.32 Å². The highest BCUT2D eigenvalue weighted by atomic mass is 16.3. The second kappa shape index (κ2) is 6.77. The summed E-state index contributed by atoms with van der Waals surface area (Å²) < 4.78 is 0. The molecule has 0 amide bonds. The van der Waals surface area contributed by atoms with E-state index in [4.69, 9.17) is 0 Å². The zero-order valence-electron chi connectivity index (χ0n) is 11.3. The number of hydrogen-bond donors (Lipinski definition) is 2. The van der Waals surface area contributed by atoms with E-state index in [0.717, 1.165) is 37.9 Å². The number of nitrogens with one attached hydrogen (secondary N) is 1. The van der Waals surface area contributed by atoms with Gasteiger partial charge in [-0.1, -0.05) is 44.5 Å². The standard InChI is InChI=1S/C15H25NO/c1-4-7-13-8-6-9-14(12-13)15(3,17)10-11-16-5-2/h6,8-9,12,16-17H,4-5,7,10-11H2,1-3H3. The molecule has 2 N–H and O–H groups in total. The van der Waals surface area contributed by atoms with Gasteiger partial charge < -0.3 is 10.4 Å². The first-order valence-corrected chi connectivity index (χ1v) is 6.62. The number of benzene rings is 1. The van der Waals surface area contributed by atoms with E-state index in [0.29, 0.717) is 0 Å². The van der Waals surface area contributed by atoms with Gasteiger partial charge in [0.1, 0.15) is 0 Å². The highest BCUT2D eigenvalue weighted by Gasteiger charge is 2.22. The van der Waals surface area contributed by atoms with Gasteiger partial charge in [-0.2, -0.15) is 0 Å². The molecule has 0 fully saturated rings. The maximum atomic E-state index is 10.5. The monoisotopic (exact) mass is 235 g/mol. The smallest absolute Gasteiger partial charge is 0.0880 e. The van der Waals surface area contributed by atoms with Crippen LogP contribution in [0.5, 0.6) is 0 Å². The lowest BCUT2D eigenvalue weighted by atomic mass is 9.90. The number of aliphatic hydroxyl groups is 1. The van der Waals surface area contributed by atoms with Crippen molar-refractivity contribution in [1.82, 2.24) is 5.32 Å². The fourth-order valence-electron chi connectivity index (χ4n) is 2.00. The molecule has 0 bridgehead atoms. The van der Waals surface area contributed by atoms with E-state index in [9.17, 15) is 5.11 Å². The van der Waals surface area contributed by atoms with E-state index in [2.05, 4.69) is 31.3 Å². The fraction of sp³-hybridized carbons (Fsp3) is 0.600. The topological polar surface area (TPSA) is 32.3 Å². The summed E-state index contributed by atoms with van der Waals surface area (Å²) in [5, 5.41) is 13.7. The van der Waals surface area contributed by atoms with Crippen LogP contribution in [0.3, 0.4) is 0 Å². The van der Waals surface area contributed by atoms with Crippen molar-refractivity contribution < 1.29 is 5.11 Å². The molecule has 0 aliphatic heterocycles. The summed E-state index contributed by atoms with van der Waals surface area (Å²) in [6.45, 7) is 7.95. The van der Waals surface area contributed by atoms with Gasteiger partial charge >= 0.3 is 0 Å². The van der Waals surface area contributed by atoms with Crippen LogP contribution >= 0.6 is 0 Å². The average Bonchev–Trinajstić information content (AvgIpc) is 2.30. The summed E-state index contributed by atoms with van der Waals surface area (Å²) in [6, 6.07) is 8.33. The minimum absolute atomic E-state index is 0.730. The second-order valence-corrected chi connectivity index (χ2v) is 4.83. The zero-order valence-corrected chi connectivity index (χ0v) is 11.3. The minimum atomic E-state index is -0.730. The maximum absolute atomic E-state index is 10.5. The number of aryl methyl sites for hydroxylation is 1. The predicted molar refractivity (Wildman–Crippen MR) is 73.2 cm³/mol. The Hall–Kier alpha value is -0.860. The molecule has 0 radical (unpaired) electrons. The van der Waals surface area contributed by atoms with Crippen molar-refractivity contribution in [2.24, 2.45) is 0 Å². The maximum Gasteiger partial charge on any atom is 0.0880 e. The van der Waals surface area contributed by atoms with Crippen molar-refractivity contribution in [2.45, 2.75) is 45.6 Å². The summed E-state index contributed by atoms with van der Waals surface area (Å²) in [5.74, 6) is 0. The third-order valence-electron chi connectivity index (χ3n) is 3.13. The predicted octanol–water partition coefficient (Wildman–Crippen LogP) is 2.85. The normalized spacial score (nSPS) is 14.6. The highest BCUT2D eigenvalue weighted by molar-refractivity contribution is 5.28. The first-order chi connectivity index (χ1) is 8.10. The van der Waals surface area contributed by atoms with E-state index in [1.54, 1.807) is 0 Å². The number of rotatable bonds is 7. The zero-order chi connectivity index (χ0) is 12.7. The fourth-order valence-corrected chi connectivity index (χ4v) is 2.00. The van der Waals surface area contributed by atoms with E-state index < -0.39 is 5.60 Å². The number of hydrogen-bond acceptors (Lipinski definition) is 2. The van der Waals surface area contributed by atoms with Gasteiger partial charge in [-0.05, 0) is 44.0 Å². The molecule has 1 rings (SSSR count). The molecule has 0 spiro atoms. The summed E-state index contributed by atoms with van der Waals surface area (Å²) in [6.07, 6.45) is 2.97. The van der Waals surface area contributed by atoms with Crippen molar-refractivity contribution in [2.75, 3.05) is 13.1 Å². The van der Waals surface area contributed by atoms with Crippen LogP contribution in [0.15, 0.2) is 24.3 Å². The van der Waals surface area contributed by atoms with E-state index in [1.807, 2.05) is 19.1 Å². The molecule has 0 saturated carbocycles. The lowest BCUT2D eigenvalue weighted by molar-refractivity contribution is 0.0481. The molecule has 1 unspecified atom stereocenters. The Bertz CT molecular complexity index is 333. The van der Waals surface area contributed by atoms with Crippen LogP contribution in [-0.4, -0.2) is 18.2 Å². The van der Waals surface area contributed by atoms with Crippen LogP contribution in [0.2, 0.25) is 0 Å².